The molecule has 0 amide bonds. The van der Waals surface area contributed by atoms with Crippen molar-refractivity contribution in [1.82, 2.24) is 10.3 Å². The van der Waals surface area contributed by atoms with Crippen molar-refractivity contribution in [3.63, 3.8) is 0 Å². The van der Waals surface area contributed by atoms with Crippen LogP contribution in [0.2, 0.25) is 0 Å². The number of hydrogen-bond donors (Lipinski definition) is 2. The zero-order valence-electron chi connectivity index (χ0n) is 18.1. The summed E-state index contributed by atoms with van der Waals surface area (Å²) >= 11 is 0. The van der Waals surface area contributed by atoms with Crippen molar-refractivity contribution in [1.29, 1.82) is 0 Å². The van der Waals surface area contributed by atoms with Crippen molar-refractivity contribution in [2.24, 2.45) is 0 Å². The second-order valence-corrected chi connectivity index (χ2v) is 8.15. The highest BCUT2D eigenvalue weighted by atomic mass is 31.1. The molecule has 0 aliphatic carbocycles. The van der Waals surface area contributed by atoms with Crippen molar-refractivity contribution in [2.45, 2.75) is 38.6 Å². The van der Waals surface area contributed by atoms with E-state index in [4.69, 9.17) is 14.0 Å². The van der Waals surface area contributed by atoms with Crippen LogP contribution in [-0.2, 0) is 22.1 Å². The highest BCUT2D eigenvalue weighted by Crippen LogP contribution is 2.30. The molecule has 0 aliphatic rings. The van der Waals surface area contributed by atoms with E-state index in [2.05, 4.69) is 39.1 Å². The molecule has 32 heavy (non-hydrogen) atoms. The normalized spacial score (nSPS) is 11.5. The number of ether oxygens (including phenoxy) is 1. The fraction of sp³-hybridized carbons (Fsp3) is 0.375. The lowest BCUT2D eigenvalue weighted by molar-refractivity contribution is 0.276. The quantitative estimate of drug-likeness (QED) is 0.237. The molecule has 0 saturated carbocycles. The van der Waals surface area contributed by atoms with Crippen LogP contribution in [-0.4, -0.2) is 29.6 Å². The largest absolute Gasteiger partial charge is 0.694 e. The molecule has 1 aromatic heterocycles. The monoisotopic (exact) mass is 457 g/mol. The third kappa shape index (κ3) is 8.52. The van der Waals surface area contributed by atoms with Crippen LogP contribution in [0.3, 0.4) is 0 Å². The second kappa shape index (κ2) is 13.8. The third-order valence-electron chi connectivity index (χ3n) is 4.95. The van der Waals surface area contributed by atoms with E-state index in [1.807, 2.05) is 24.3 Å². The van der Waals surface area contributed by atoms with Gasteiger partial charge in [0.25, 0.3) is 0 Å². The van der Waals surface area contributed by atoms with Gasteiger partial charge >= 0.3 is 8.25 Å². The number of nitrogens with zero attached hydrogens (tertiary/aromatic N) is 1. The summed E-state index contributed by atoms with van der Waals surface area (Å²) in [5.41, 5.74) is 3.28. The molecular formula is C24H30N2O5P+. The number of aromatic nitrogens is 1. The number of nitrogens with one attached hydrogen (secondary N) is 1. The Labute approximate surface area is 189 Å². The first-order valence-electron chi connectivity index (χ1n) is 10.9. The van der Waals surface area contributed by atoms with Gasteiger partial charge < -0.3 is 14.5 Å². The van der Waals surface area contributed by atoms with Gasteiger partial charge in [-0.3, -0.25) is 0 Å². The molecule has 3 rings (SSSR count). The van der Waals surface area contributed by atoms with Gasteiger partial charge in [-0.2, -0.15) is 0 Å². The van der Waals surface area contributed by atoms with Crippen LogP contribution >= 0.6 is 8.25 Å². The van der Waals surface area contributed by atoms with Crippen molar-refractivity contribution >= 4 is 8.25 Å². The maximum Gasteiger partial charge on any atom is 0.694 e. The summed E-state index contributed by atoms with van der Waals surface area (Å²) in [7, 11) is -2.52. The highest BCUT2D eigenvalue weighted by molar-refractivity contribution is 7.32. The molecule has 0 saturated heterocycles. The minimum Gasteiger partial charge on any atom is -0.493 e. The lowest BCUT2D eigenvalue weighted by atomic mass is 10.1. The van der Waals surface area contributed by atoms with Gasteiger partial charge in [0.2, 0.25) is 5.89 Å². The Morgan fingerprint density at radius 2 is 1.88 bits per heavy atom. The molecule has 0 fully saturated rings. The van der Waals surface area contributed by atoms with E-state index in [9.17, 15) is 4.57 Å². The Kier molecular flexibility index (Phi) is 10.4. The minimum atomic E-state index is -2.52. The van der Waals surface area contributed by atoms with E-state index in [0.717, 1.165) is 42.6 Å². The molecule has 0 radical (unpaired) electrons. The maximum absolute atomic E-state index is 10.5. The van der Waals surface area contributed by atoms with Crippen molar-refractivity contribution < 1.29 is 23.1 Å². The molecule has 0 bridgehead atoms. The highest BCUT2D eigenvalue weighted by Gasteiger charge is 2.13. The average Bonchev–Trinajstić information content (AvgIpc) is 3.34. The van der Waals surface area contributed by atoms with Crippen LogP contribution in [0.25, 0.3) is 11.5 Å². The Morgan fingerprint density at radius 3 is 2.66 bits per heavy atom. The van der Waals surface area contributed by atoms with Gasteiger partial charge in [0.1, 0.15) is 18.6 Å². The molecule has 1 unspecified atom stereocenters. The minimum absolute atomic E-state index is 0.248. The van der Waals surface area contributed by atoms with Gasteiger partial charge in [-0.25, -0.2) is 4.98 Å². The first-order valence-corrected chi connectivity index (χ1v) is 12.0. The van der Waals surface area contributed by atoms with Crippen LogP contribution in [0, 0.1) is 0 Å². The molecular weight excluding hydrogens is 427 g/mol. The van der Waals surface area contributed by atoms with Crippen molar-refractivity contribution in [3.05, 3.63) is 72.1 Å². The second-order valence-electron chi connectivity index (χ2n) is 7.41. The molecule has 0 aliphatic heterocycles. The van der Waals surface area contributed by atoms with Gasteiger partial charge in [-0.05, 0) is 61.9 Å². The van der Waals surface area contributed by atoms with E-state index in [-0.39, 0.29) is 6.61 Å². The van der Waals surface area contributed by atoms with Crippen molar-refractivity contribution in [2.75, 3.05) is 19.8 Å². The predicted octanol–water partition coefficient (Wildman–Crippen LogP) is 5.28. The van der Waals surface area contributed by atoms with E-state index < -0.39 is 8.25 Å². The fourth-order valence-electron chi connectivity index (χ4n) is 3.34. The number of oxazole rings is 1. The van der Waals surface area contributed by atoms with Gasteiger partial charge in [0.05, 0.1) is 18.4 Å². The standard InChI is InChI=1S/C24H29N2O5P/c27-32(28)31-16-7-13-25-19-21-11-12-23(22(18-21)24-26-14-17-30-24)29-15-6-2-5-10-20-8-3-1-4-9-20/h1,3-4,8-9,11-12,14,17-18,25H,2,5-7,10,13,15-16,19H2/p+1. The first-order chi connectivity index (χ1) is 15.7. The van der Waals surface area contributed by atoms with Crippen LogP contribution in [0.4, 0.5) is 0 Å². The summed E-state index contributed by atoms with van der Waals surface area (Å²) < 4.78 is 26.7. The van der Waals surface area contributed by atoms with Crippen LogP contribution in [0.1, 0.15) is 36.8 Å². The van der Waals surface area contributed by atoms with Crippen LogP contribution in [0.5, 0.6) is 5.75 Å². The average molecular weight is 457 g/mol. The summed E-state index contributed by atoms with van der Waals surface area (Å²) in [4.78, 5) is 12.9. The summed E-state index contributed by atoms with van der Waals surface area (Å²) in [6.45, 7) is 2.23. The molecule has 1 heterocycles. The maximum atomic E-state index is 10.5. The molecule has 1 atom stereocenters. The molecule has 2 N–H and O–H groups in total. The van der Waals surface area contributed by atoms with Crippen LogP contribution in [0.15, 0.2) is 65.4 Å². The zero-order chi connectivity index (χ0) is 22.4. The number of aryl methyl sites for hydroxylation is 1. The van der Waals surface area contributed by atoms with Crippen molar-refractivity contribution in [3.8, 4) is 17.2 Å². The van der Waals surface area contributed by atoms with Gasteiger partial charge in [-0.1, -0.05) is 36.4 Å². The molecule has 0 spiro atoms. The number of benzene rings is 2. The fourth-order valence-corrected chi connectivity index (χ4v) is 3.63. The first kappa shape index (κ1) is 24.1. The van der Waals surface area contributed by atoms with Gasteiger partial charge in [0, 0.05) is 11.1 Å². The van der Waals surface area contributed by atoms with E-state index >= 15 is 0 Å². The Bertz CT molecular complexity index is 935. The summed E-state index contributed by atoms with van der Waals surface area (Å²) in [6, 6.07) is 16.5. The number of rotatable bonds is 15. The molecule has 7 nitrogen and oxygen atoms in total. The number of unbranched alkanes of at least 4 members (excludes halogenated alkanes) is 2. The summed E-state index contributed by atoms with van der Waals surface area (Å²) in [6.07, 6.45) is 8.17. The SMILES string of the molecule is O=[P+](O)OCCCNCc1ccc(OCCCCCc2ccccc2)c(-c2ncco2)c1. The topological polar surface area (TPSA) is 93.8 Å². The van der Waals surface area contributed by atoms with Gasteiger partial charge in [0.15, 0.2) is 0 Å². The predicted molar refractivity (Wildman–Crippen MR) is 124 cm³/mol. The van der Waals surface area contributed by atoms with E-state index in [1.165, 1.54) is 5.56 Å². The number of hydrogen-bond acceptors (Lipinski definition) is 6. The smallest absolute Gasteiger partial charge is 0.493 e. The molecule has 8 heteroatoms. The third-order valence-corrected chi connectivity index (χ3v) is 5.35. The molecule has 2 aromatic carbocycles. The Morgan fingerprint density at radius 1 is 1.00 bits per heavy atom. The Hall–Kier alpha value is -2.57. The van der Waals surface area contributed by atoms with Crippen LogP contribution < -0.4 is 10.1 Å². The van der Waals surface area contributed by atoms with E-state index in [1.54, 1.807) is 12.5 Å². The molecule has 170 valence electrons. The lowest BCUT2D eigenvalue weighted by Gasteiger charge is -2.12. The molecule has 3 aromatic rings. The lowest BCUT2D eigenvalue weighted by Crippen LogP contribution is -2.16. The van der Waals surface area contributed by atoms with E-state index in [0.29, 0.717) is 32.0 Å². The summed E-state index contributed by atoms with van der Waals surface area (Å²) in [5, 5.41) is 3.30. The van der Waals surface area contributed by atoms with Gasteiger partial charge in [-0.15, -0.1) is 9.42 Å². The zero-order valence-corrected chi connectivity index (χ0v) is 19.0. The summed E-state index contributed by atoms with van der Waals surface area (Å²) in [5.74, 6) is 1.30. The Balaban J connectivity index is 1.45.